The van der Waals surface area contributed by atoms with Crippen LogP contribution in [0.4, 0.5) is 0 Å². The Kier molecular flexibility index (Phi) is 7.13. The van der Waals surface area contributed by atoms with Crippen molar-refractivity contribution >= 4 is 17.6 Å². The van der Waals surface area contributed by atoms with Crippen molar-refractivity contribution in [3.8, 4) is 0 Å². The number of ketones is 1. The molecule has 98 valence electrons. The molecule has 3 N–H and O–H groups in total. The van der Waals surface area contributed by atoms with E-state index >= 15 is 0 Å². The van der Waals surface area contributed by atoms with Crippen LogP contribution in [0.2, 0.25) is 0 Å². The lowest BCUT2D eigenvalue weighted by Crippen LogP contribution is -2.49. The minimum atomic E-state index is -0.744. The third kappa shape index (κ3) is 5.44. The highest BCUT2D eigenvalue weighted by atomic mass is 16.2. The van der Waals surface area contributed by atoms with Gasteiger partial charge in [-0.2, -0.15) is 0 Å². The Morgan fingerprint density at radius 2 is 1.94 bits per heavy atom. The first-order chi connectivity index (χ1) is 7.93. The number of carbonyl (C=O) groups excluding carboxylic acids is 3. The molecule has 0 aromatic heterocycles. The number of nitrogens with one attached hydrogen (secondary N) is 1. The van der Waals surface area contributed by atoms with Gasteiger partial charge in [-0.1, -0.05) is 6.92 Å². The van der Waals surface area contributed by atoms with Crippen molar-refractivity contribution in [2.75, 3.05) is 20.1 Å². The monoisotopic (exact) mass is 243 g/mol. The summed E-state index contributed by atoms with van der Waals surface area (Å²) >= 11 is 0. The van der Waals surface area contributed by atoms with Crippen molar-refractivity contribution in [2.45, 2.75) is 32.7 Å². The minimum Gasteiger partial charge on any atom is -0.353 e. The summed E-state index contributed by atoms with van der Waals surface area (Å²) in [5, 5.41) is 2.59. The molecule has 0 aliphatic heterocycles. The maximum absolute atomic E-state index is 11.8. The predicted octanol–water partition coefficient (Wildman–Crippen LogP) is -0.723. The molecule has 0 heterocycles. The second-order valence-corrected chi connectivity index (χ2v) is 3.86. The molecule has 6 nitrogen and oxygen atoms in total. The maximum Gasteiger partial charge on any atom is 0.243 e. The van der Waals surface area contributed by atoms with Gasteiger partial charge in [-0.3, -0.25) is 14.4 Å². The summed E-state index contributed by atoms with van der Waals surface area (Å²) in [5.41, 5.74) is 5.28. The lowest BCUT2D eigenvalue weighted by atomic mass is 10.1. The zero-order valence-electron chi connectivity index (χ0n) is 10.7. The molecule has 0 radical (unpaired) electrons. The van der Waals surface area contributed by atoms with Gasteiger partial charge >= 0.3 is 0 Å². The van der Waals surface area contributed by atoms with Gasteiger partial charge in [0.25, 0.3) is 0 Å². The van der Waals surface area contributed by atoms with Gasteiger partial charge in [0.05, 0.1) is 0 Å². The molecular formula is C11H21N3O3. The van der Waals surface area contributed by atoms with Crippen molar-refractivity contribution < 1.29 is 14.4 Å². The van der Waals surface area contributed by atoms with E-state index in [0.717, 1.165) is 0 Å². The van der Waals surface area contributed by atoms with Gasteiger partial charge in [-0.25, -0.2) is 0 Å². The number of likely N-dealkylation sites (N-methyl/N-ethyl adjacent to an activating group) is 1. The standard InChI is InChI=1S/C11H21N3O3/c1-4-10(16)14(3)9(7-8(2)15)11(17)13-6-5-12/h9H,4-7,12H2,1-3H3,(H,13,17)/t9-/m0/s1. The normalized spacial score (nSPS) is 11.8. The SMILES string of the molecule is CCC(=O)N(C)[C@@H](CC(C)=O)C(=O)NCCN. The van der Waals surface area contributed by atoms with Crippen LogP contribution >= 0.6 is 0 Å². The van der Waals surface area contributed by atoms with Crippen molar-refractivity contribution in [2.24, 2.45) is 5.73 Å². The topological polar surface area (TPSA) is 92.5 Å². The summed E-state index contributed by atoms with van der Waals surface area (Å²) in [6.07, 6.45) is 0.327. The van der Waals surface area contributed by atoms with E-state index in [-0.39, 0.29) is 24.0 Å². The number of nitrogens with zero attached hydrogens (tertiary/aromatic N) is 1. The van der Waals surface area contributed by atoms with Crippen LogP contribution in [0.15, 0.2) is 0 Å². The average molecular weight is 243 g/mol. The number of rotatable bonds is 7. The van der Waals surface area contributed by atoms with Gasteiger partial charge < -0.3 is 16.0 Å². The molecule has 0 saturated heterocycles. The minimum absolute atomic E-state index is 0.0264. The smallest absolute Gasteiger partial charge is 0.243 e. The summed E-state index contributed by atoms with van der Waals surface area (Å²) in [4.78, 5) is 35.7. The highest BCUT2D eigenvalue weighted by Crippen LogP contribution is 2.05. The van der Waals surface area contributed by atoms with E-state index in [1.807, 2.05) is 0 Å². The van der Waals surface area contributed by atoms with Crippen LogP contribution in [0.3, 0.4) is 0 Å². The molecule has 0 spiro atoms. The Labute approximate surface area is 102 Å². The molecule has 0 aliphatic carbocycles. The third-order valence-electron chi connectivity index (χ3n) is 2.39. The average Bonchev–Trinajstić information content (AvgIpc) is 2.30. The second-order valence-electron chi connectivity index (χ2n) is 3.86. The van der Waals surface area contributed by atoms with Crippen molar-refractivity contribution in [1.82, 2.24) is 10.2 Å². The number of Topliss-reactive ketones (excluding diaryl/α,β-unsaturated/α-hetero) is 1. The Bertz CT molecular complexity index is 292. The predicted molar refractivity (Wildman–Crippen MR) is 64.2 cm³/mol. The fourth-order valence-corrected chi connectivity index (χ4v) is 1.41. The van der Waals surface area contributed by atoms with Gasteiger partial charge in [-0.05, 0) is 6.92 Å². The molecular weight excluding hydrogens is 222 g/mol. The molecule has 0 saturated carbocycles. The van der Waals surface area contributed by atoms with Crippen LogP contribution in [0.5, 0.6) is 0 Å². The molecule has 0 aromatic carbocycles. The Morgan fingerprint density at radius 3 is 2.35 bits per heavy atom. The fraction of sp³-hybridized carbons (Fsp3) is 0.727. The maximum atomic E-state index is 11.8. The number of hydrogen-bond donors (Lipinski definition) is 2. The number of hydrogen-bond acceptors (Lipinski definition) is 4. The summed E-state index contributed by atoms with van der Waals surface area (Å²) in [7, 11) is 1.53. The van der Waals surface area contributed by atoms with E-state index in [2.05, 4.69) is 5.32 Å². The zero-order valence-corrected chi connectivity index (χ0v) is 10.7. The van der Waals surface area contributed by atoms with Crippen molar-refractivity contribution in [1.29, 1.82) is 0 Å². The van der Waals surface area contributed by atoms with Crippen LogP contribution in [0.1, 0.15) is 26.7 Å². The zero-order chi connectivity index (χ0) is 13.4. The van der Waals surface area contributed by atoms with E-state index in [1.165, 1.54) is 18.9 Å². The Morgan fingerprint density at radius 1 is 1.35 bits per heavy atom. The van der Waals surface area contributed by atoms with E-state index in [4.69, 9.17) is 5.73 Å². The summed E-state index contributed by atoms with van der Waals surface area (Å²) in [5.74, 6) is -0.636. The molecule has 0 unspecified atom stereocenters. The van der Waals surface area contributed by atoms with Crippen molar-refractivity contribution in [3.05, 3.63) is 0 Å². The molecule has 0 aliphatic rings. The number of amides is 2. The fourth-order valence-electron chi connectivity index (χ4n) is 1.41. The van der Waals surface area contributed by atoms with E-state index < -0.39 is 6.04 Å². The van der Waals surface area contributed by atoms with Crippen LogP contribution in [-0.4, -0.2) is 48.7 Å². The second kappa shape index (κ2) is 7.78. The van der Waals surface area contributed by atoms with Gasteiger partial charge in [0.15, 0.2) is 0 Å². The van der Waals surface area contributed by atoms with Gasteiger partial charge in [-0.15, -0.1) is 0 Å². The van der Waals surface area contributed by atoms with Crippen molar-refractivity contribution in [3.63, 3.8) is 0 Å². The first kappa shape index (κ1) is 15.6. The lowest BCUT2D eigenvalue weighted by molar-refractivity contribution is -0.140. The third-order valence-corrected chi connectivity index (χ3v) is 2.39. The largest absolute Gasteiger partial charge is 0.353 e. The molecule has 1 atom stereocenters. The van der Waals surface area contributed by atoms with Gasteiger partial charge in [0.2, 0.25) is 11.8 Å². The molecule has 6 heteroatoms. The Hall–Kier alpha value is -1.43. The van der Waals surface area contributed by atoms with Crippen LogP contribution in [-0.2, 0) is 14.4 Å². The molecule has 17 heavy (non-hydrogen) atoms. The van der Waals surface area contributed by atoms with Crippen LogP contribution < -0.4 is 11.1 Å². The molecule has 0 rings (SSSR count). The molecule has 0 aromatic rings. The van der Waals surface area contributed by atoms with E-state index in [9.17, 15) is 14.4 Å². The number of carbonyl (C=O) groups is 3. The lowest BCUT2D eigenvalue weighted by Gasteiger charge is -2.26. The van der Waals surface area contributed by atoms with Crippen LogP contribution in [0.25, 0.3) is 0 Å². The highest BCUT2D eigenvalue weighted by molar-refractivity contribution is 5.91. The van der Waals surface area contributed by atoms with Gasteiger partial charge in [0.1, 0.15) is 11.8 Å². The Balaban J connectivity index is 4.67. The molecule has 2 amide bonds. The summed E-state index contributed by atoms with van der Waals surface area (Å²) in [6, 6.07) is -0.744. The molecule has 0 fully saturated rings. The summed E-state index contributed by atoms with van der Waals surface area (Å²) < 4.78 is 0. The van der Waals surface area contributed by atoms with E-state index in [0.29, 0.717) is 19.5 Å². The summed E-state index contributed by atoms with van der Waals surface area (Å²) in [6.45, 7) is 3.76. The quantitative estimate of drug-likeness (QED) is 0.617. The van der Waals surface area contributed by atoms with E-state index in [1.54, 1.807) is 6.92 Å². The molecule has 0 bridgehead atoms. The first-order valence-corrected chi connectivity index (χ1v) is 5.66. The first-order valence-electron chi connectivity index (χ1n) is 5.66. The van der Waals surface area contributed by atoms with Crippen LogP contribution in [0, 0.1) is 0 Å². The highest BCUT2D eigenvalue weighted by Gasteiger charge is 2.26. The van der Waals surface area contributed by atoms with Gasteiger partial charge in [0, 0.05) is 33.0 Å². The number of nitrogens with two attached hydrogens (primary N) is 1.